The number of tetrazole rings is 1. The number of carbonyl (C=O) groups excluding carboxylic acids is 1. The van der Waals surface area contributed by atoms with Gasteiger partial charge in [-0.2, -0.15) is 17.9 Å². The number of alkyl halides is 3. The molecular weight excluding hydrogens is 425 g/mol. The van der Waals surface area contributed by atoms with Crippen LogP contribution in [0.5, 0.6) is 5.75 Å². The Kier molecular flexibility index (Phi) is 6.08. The van der Waals surface area contributed by atoms with Crippen molar-refractivity contribution < 1.29 is 22.7 Å². The number of piperazine rings is 1. The second-order valence-corrected chi connectivity index (χ2v) is 7.32. The zero-order chi connectivity index (χ0) is 22.7. The predicted molar refractivity (Wildman–Crippen MR) is 108 cm³/mol. The lowest BCUT2D eigenvalue weighted by Crippen LogP contribution is -2.48. The van der Waals surface area contributed by atoms with Crippen molar-refractivity contribution in [3.63, 3.8) is 0 Å². The lowest BCUT2D eigenvalue weighted by atomic mass is 10.1. The summed E-state index contributed by atoms with van der Waals surface area (Å²) in [5.74, 6) is 0.731. The number of hydrogen-bond donors (Lipinski definition) is 0. The van der Waals surface area contributed by atoms with Crippen LogP contribution in [0.2, 0.25) is 0 Å². The topological polar surface area (TPSA) is 76.4 Å². The average molecular weight is 446 g/mol. The van der Waals surface area contributed by atoms with E-state index in [-0.39, 0.29) is 5.56 Å². The quantitative estimate of drug-likeness (QED) is 0.600. The van der Waals surface area contributed by atoms with E-state index in [1.54, 1.807) is 11.8 Å². The lowest BCUT2D eigenvalue weighted by molar-refractivity contribution is -0.138. The van der Waals surface area contributed by atoms with Gasteiger partial charge in [-0.05, 0) is 46.8 Å². The Balaban J connectivity index is 1.40. The van der Waals surface area contributed by atoms with Crippen LogP contribution in [0.25, 0.3) is 5.69 Å². The molecule has 1 fully saturated rings. The first-order valence-corrected chi connectivity index (χ1v) is 9.96. The largest absolute Gasteiger partial charge is 0.497 e. The molecule has 1 saturated heterocycles. The van der Waals surface area contributed by atoms with Crippen LogP contribution in [0.3, 0.4) is 0 Å². The van der Waals surface area contributed by atoms with Crippen LogP contribution in [0, 0.1) is 0 Å². The van der Waals surface area contributed by atoms with Gasteiger partial charge >= 0.3 is 6.18 Å². The zero-order valence-electron chi connectivity index (χ0n) is 17.3. The monoisotopic (exact) mass is 446 g/mol. The molecule has 0 radical (unpaired) electrons. The summed E-state index contributed by atoms with van der Waals surface area (Å²) < 4.78 is 46.6. The van der Waals surface area contributed by atoms with Crippen LogP contribution in [0.1, 0.15) is 21.7 Å². The number of carbonyl (C=O) groups is 1. The van der Waals surface area contributed by atoms with Crippen LogP contribution in [-0.2, 0) is 12.7 Å². The smallest absolute Gasteiger partial charge is 0.417 e. The molecule has 8 nitrogen and oxygen atoms in total. The van der Waals surface area contributed by atoms with E-state index in [4.69, 9.17) is 4.74 Å². The van der Waals surface area contributed by atoms with E-state index >= 15 is 0 Å². The van der Waals surface area contributed by atoms with Gasteiger partial charge in [-0.25, -0.2) is 0 Å². The van der Waals surface area contributed by atoms with Gasteiger partial charge in [-0.15, -0.1) is 5.10 Å². The molecule has 1 aliphatic rings. The fourth-order valence-electron chi connectivity index (χ4n) is 3.62. The minimum Gasteiger partial charge on any atom is -0.497 e. The minimum atomic E-state index is -4.58. The van der Waals surface area contributed by atoms with Crippen LogP contribution in [0.4, 0.5) is 13.2 Å². The molecule has 0 saturated carbocycles. The normalized spacial score (nSPS) is 15.1. The summed E-state index contributed by atoms with van der Waals surface area (Å²) in [7, 11) is 1.59. The molecule has 32 heavy (non-hydrogen) atoms. The Hall–Kier alpha value is -3.47. The highest BCUT2D eigenvalue weighted by Crippen LogP contribution is 2.32. The van der Waals surface area contributed by atoms with Gasteiger partial charge in [0, 0.05) is 26.2 Å². The number of amides is 1. The molecule has 1 aliphatic heterocycles. The minimum absolute atomic E-state index is 0.315. The molecule has 4 rings (SSSR count). The molecule has 0 aliphatic carbocycles. The van der Waals surface area contributed by atoms with Crippen LogP contribution < -0.4 is 4.74 Å². The Labute approximate surface area is 182 Å². The summed E-state index contributed by atoms with van der Waals surface area (Å²) in [6, 6.07) is 12.2. The molecule has 168 valence electrons. The number of aromatic nitrogens is 4. The van der Waals surface area contributed by atoms with Gasteiger partial charge < -0.3 is 9.64 Å². The number of benzene rings is 2. The third-order valence-corrected chi connectivity index (χ3v) is 5.34. The molecule has 1 aromatic heterocycles. The van der Waals surface area contributed by atoms with Crippen LogP contribution >= 0.6 is 0 Å². The maximum Gasteiger partial charge on any atom is 0.417 e. The summed E-state index contributed by atoms with van der Waals surface area (Å²) in [4.78, 5) is 16.3. The average Bonchev–Trinajstić information content (AvgIpc) is 3.26. The summed E-state index contributed by atoms with van der Waals surface area (Å²) in [5.41, 5.74) is -0.452. The number of hydrogen-bond acceptors (Lipinski definition) is 6. The van der Waals surface area contributed by atoms with Crippen molar-refractivity contribution in [2.45, 2.75) is 12.7 Å². The maximum atomic E-state index is 13.3. The highest BCUT2D eigenvalue weighted by atomic mass is 19.4. The van der Waals surface area contributed by atoms with Gasteiger partial charge in [0.2, 0.25) is 0 Å². The van der Waals surface area contributed by atoms with Crippen molar-refractivity contribution in [2.75, 3.05) is 33.3 Å². The maximum absolute atomic E-state index is 13.3. The Bertz CT molecular complexity index is 1080. The number of nitrogens with zero attached hydrogens (tertiary/aromatic N) is 6. The van der Waals surface area contributed by atoms with Crippen molar-refractivity contribution in [1.29, 1.82) is 0 Å². The molecule has 0 N–H and O–H groups in total. The first-order chi connectivity index (χ1) is 15.4. The predicted octanol–water partition coefficient (Wildman–Crippen LogP) is 2.65. The van der Waals surface area contributed by atoms with Crippen molar-refractivity contribution in [1.82, 2.24) is 30.0 Å². The molecule has 0 atom stereocenters. The van der Waals surface area contributed by atoms with E-state index in [1.807, 2.05) is 24.3 Å². The highest BCUT2D eigenvalue weighted by Gasteiger charge is 2.36. The third-order valence-electron chi connectivity index (χ3n) is 5.34. The van der Waals surface area contributed by atoms with Crippen molar-refractivity contribution in [3.8, 4) is 11.4 Å². The van der Waals surface area contributed by atoms with Gasteiger partial charge in [0.1, 0.15) is 5.75 Å². The highest BCUT2D eigenvalue weighted by molar-refractivity contribution is 5.96. The summed E-state index contributed by atoms with van der Waals surface area (Å²) in [6.07, 6.45) is -4.58. The number of ether oxygens (including phenoxy) is 1. The molecular formula is C21H21F3N6O2. The van der Waals surface area contributed by atoms with Crippen LogP contribution in [-0.4, -0.2) is 69.2 Å². The van der Waals surface area contributed by atoms with E-state index in [0.717, 1.165) is 17.5 Å². The molecule has 1 amide bonds. The third kappa shape index (κ3) is 4.57. The second-order valence-electron chi connectivity index (χ2n) is 7.32. The zero-order valence-corrected chi connectivity index (χ0v) is 17.3. The van der Waals surface area contributed by atoms with Gasteiger partial charge in [-0.3, -0.25) is 9.69 Å². The fraction of sp³-hybridized carbons (Fsp3) is 0.333. The second kappa shape index (κ2) is 8.95. The first kappa shape index (κ1) is 21.8. The number of rotatable bonds is 5. The van der Waals surface area contributed by atoms with E-state index in [0.29, 0.717) is 38.5 Å². The molecule has 0 spiro atoms. The van der Waals surface area contributed by atoms with Crippen LogP contribution in [0.15, 0.2) is 48.5 Å². The molecule has 0 bridgehead atoms. The Morgan fingerprint density at radius 3 is 2.38 bits per heavy atom. The van der Waals surface area contributed by atoms with E-state index in [1.165, 1.54) is 23.1 Å². The van der Waals surface area contributed by atoms with Crippen molar-refractivity contribution in [2.24, 2.45) is 0 Å². The van der Waals surface area contributed by atoms with Crippen molar-refractivity contribution in [3.05, 3.63) is 65.5 Å². The fourth-order valence-corrected chi connectivity index (χ4v) is 3.62. The van der Waals surface area contributed by atoms with Gasteiger partial charge in [-0.1, -0.05) is 12.1 Å². The molecule has 0 unspecified atom stereocenters. The molecule has 11 heteroatoms. The van der Waals surface area contributed by atoms with Gasteiger partial charge in [0.05, 0.1) is 30.5 Å². The van der Waals surface area contributed by atoms with Crippen molar-refractivity contribution >= 4 is 5.91 Å². The summed E-state index contributed by atoms with van der Waals surface area (Å²) in [6.45, 7) is 2.06. The lowest BCUT2D eigenvalue weighted by Gasteiger charge is -2.34. The van der Waals surface area contributed by atoms with E-state index in [2.05, 4.69) is 20.4 Å². The Morgan fingerprint density at radius 1 is 1.03 bits per heavy atom. The summed E-state index contributed by atoms with van der Waals surface area (Å²) in [5, 5.41) is 11.9. The molecule has 3 aromatic rings. The van der Waals surface area contributed by atoms with E-state index < -0.39 is 17.6 Å². The first-order valence-electron chi connectivity index (χ1n) is 9.96. The SMILES string of the molecule is COc1ccc(-n2nnnc2CN2CCN(C(=O)c3ccccc3C(F)(F)F)CC2)cc1. The molecule has 2 heterocycles. The van der Waals surface area contributed by atoms with Gasteiger partial charge in [0.25, 0.3) is 5.91 Å². The standard InChI is InChI=1S/C21H21F3N6O2/c1-32-16-8-6-15(7-9-16)30-19(25-26-27-30)14-28-10-12-29(13-11-28)20(31)17-4-2-3-5-18(17)21(22,23)24/h2-9H,10-14H2,1H3. The number of halogens is 3. The Morgan fingerprint density at radius 2 is 1.72 bits per heavy atom. The summed E-state index contributed by atoms with van der Waals surface area (Å²) >= 11 is 0. The molecule has 2 aromatic carbocycles. The van der Waals surface area contributed by atoms with E-state index in [9.17, 15) is 18.0 Å². The number of methoxy groups -OCH3 is 1. The van der Waals surface area contributed by atoms with Gasteiger partial charge in [0.15, 0.2) is 5.82 Å².